The van der Waals surface area contributed by atoms with Gasteiger partial charge in [0.2, 0.25) is 5.65 Å². The summed E-state index contributed by atoms with van der Waals surface area (Å²) in [6.07, 6.45) is 8.06. The number of ether oxygens (including phenoxy) is 1. The van der Waals surface area contributed by atoms with Gasteiger partial charge in [-0.15, -0.1) is 0 Å². The lowest BCUT2D eigenvalue weighted by Gasteiger charge is -2.23. The lowest BCUT2D eigenvalue weighted by molar-refractivity contribution is 0.162. The van der Waals surface area contributed by atoms with Crippen molar-refractivity contribution in [3.63, 3.8) is 0 Å². The molecule has 90 valence electrons. The van der Waals surface area contributed by atoms with Gasteiger partial charge in [-0.3, -0.25) is 0 Å². The smallest absolute Gasteiger partial charge is 0.258 e. The number of rotatable bonds is 2. The van der Waals surface area contributed by atoms with Crippen molar-refractivity contribution < 1.29 is 4.74 Å². The van der Waals surface area contributed by atoms with Crippen LogP contribution < -0.4 is 10.1 Å². The molecule has 3 rings (SSSR count). The van der Waals surface area contributed by atoms with Gasteiger partial charge in [-0.1, -0.05) is 0 Å². The van der Waals surface area contributed by atoms with Crippen molar-refractivity contribution in [3.8, 4) is 5.88 Å². The number of hydrogen-bond acceptors (Lipinski definition) is 4. The minimum Gasteiger partial charge on any atom is -0.470 e. The number of imidazole rings is 1. The number of hydrogen-bond donors (Lipinski definition) is 1. The van der Waals surface area contributed by atoms with Gasteiger partial charge in [-0.2, -0.15) is 0 Å². The quantitative estimate of drug-likeness (QED) is 0.844. The number of fused-ring (bicyclic) bond motifs is 1. The molecule has 0 spiro atoms. The van der Waals surface area contributed by atoms with E-state index in [1.165, 1.54) is 0 Å². The molecule has 1 unspecified atom stereocenters. The van der Waals surface area contributed by atoms with Gasteiger partial charge >= 0.3 is 0 Å². The first-order valence-electron chi connectivity index (χ1n) is 6.00. The van der Waals surface area contributed by atoms with Crippen LogP contribution in [0.2, 0.25) is 0 Å². The fourth-order valence-electron chi connectivity index (χ4n) is 2.18. The van der Waals surface area contributed by atoms with Crippen molar-refractivity contribution in [2.75, 3.05) is 13.1 Å². The molecule has 2 aromatic heterocycles. The normalized spacial score (nSPS) is 20.6. The summed E-state index contributed by atoms with van der Waals surface area (Å²) in [6, 6.07) is 0. The zero-order valence-electron chi connectivity index (χ0n) is 9.89. The first-order valence-corrected chi connectivity index (χ1v) is 6.00. The maximum Gasteiger partial charge on any atom is 0.258 e. The Kier molecular flexibility index (Phi) is 2.68. The van der Waals surface area contributed by atoms with Crippen molar-refractivity contribution >= 4 is 5.65 Å². The molecule has 1 aliphatic rings. The molecule has 3 heterocycles. The van der Waals surface area contributed by atoms with Crippen LogP contribution in [0.15, 0.2) is 18.6 Å². The Morgan fingerprint density at radius 1 is 1.53 bits per heavy atom. The van der Waals surface area contributed by atoms with Crippen LogP contribution >= 0.6 is 0 Å². The molecule has 5 nitrogen and oxygen atoms in total. The van der Waals surface area contributed by atoms with Gasteiger partial charge in [0.05, 0.1) is 5.69 Å². The molecule has 0 amide bonds. The number of nitrogens with one attached hydrogen (secondary N) is 1. The molecule has 0 bridgehead atoms. The van der Waals surface area contributed by atoms with Gasteiger partial charge in [-0.05, 0) is 26.3 Å². The number of nitrogens with zero attached hydrogens (tertiary/aromatic N) is 3. The van der Waals surface area contributed by atoms with E-state index in [9.17, 15) is 0 Å². The summed E-state index contributed by atoms with van der Waals surface area (Å²) in [5.41, 5.74) is 1.78. The van der Waals surface area contributed by atoms with Crippen LogP contribution in [0.4, 0.5) is 0 Å². The third-order valence-electron chi connectivity index (χ3n) is 2.99. The van der Waals surface area contributed by atoms with Gasteiger partial charge in [0.15, 0.2) is 0 Å². The monoisotopic (exact) mass is 232 g/mol. The van der Waals surface area contributed by atoms with E-state index in [0.717, 1.165) is 37.3 Å². The molecule has 0 aliphatic carbocycles. The van der Waals surface area contributed by atoms with Gasteiger partial charge in [-0.25, -0.2) is 9.97 Å². The molecule has 1 saturated heterocycles. The number of aromatic nitrogens is 3. The predicted octanol–water partition coefficient (Wildman–Crippen LogP) is 1.17. The average molecular weight is 232 g/mol. The second-order valence-corrected chi connectivity index (χ2v) is 4.43. The molecule has 1 atom stereocenters. The summed E-state index contributed by atoms with van der Waals surface area (Å²) in [4.78, 5) is 8.71. The molecule has 2 aromatic rings. The molecule has 5 heteroatoms. The van der Waals surface area contributed by atoms with Crippen molar-refractivity contribution in [2.24, 2.45) is 0 Å². The Balaban J connectivity index is 1.88. The van der Waals surface area contributed by atoms with Gasteiger partial charge in [0, 0.05) is 25.1 Å². The van der Waals surface area contributed by atoms with E-state index in [-0.39, 0.29) is 6.10 Å². The van der Waals surface area contributed by atoms with E-state index in [2.05, 4.69) is 15.3 Å². The first kappa shape index (κ1) is 10.5. The minimum atomic E-state index is 0.208. The fraction of sp³-hybridized carbons (Fsp3) is 0.500. The van der Waals surface area contributed by atoms with Crippen LogP contribution in [0.5, 0.6) is 5.88 Å². The third kappa shape index (κ3) is 2.10. The Labute approximate surface area is 99.8 Å². The Morgan fingerprint density at radius 2 is 2.47 bits per heavy atom. The third-order valence-corrected chi connectivity index (χ3v) is 2.99. The van der Waals surface area contributed by atoms with Crippen molar-refractivity contribution in [1.29, 1.82) is 0 Å². The summed E-state index contributed by atoms with van der Waals surface area (Å²) in [5.74, 6) is 0.634. The fourth-order valence-corrected chi connectivity index (χ4v) is 2.18. The summed E-state index contributed by atoms with van der Waals surface area (Å²) in [5, 5.41) is 3.33. The highest BCUT2D eigenvalue weighted by atomic mass is 16.5. The first-order chi connectivity index (χ1) is 8.33. The van der Waals surface area contributed by atoms with Crippen LogP contribution in [0.25, 0.3) is 5.65 Å². The molecule has 0 radical (unpaired) electrons. The Bertz CT molecular complexity index is 516. The summed E-state index contributed by atoms with van der Waals surface area (Å²) in [6.45, 7) is 3.95. The predicted molar refractivity (Wildman–Crippen MR) is 64.2 cm³/mol. The zero-order valence-corrected chi connectivity index (χ0v) is 9.89. The molecule has 1 N–H and O–H groups in total. The zero-order chi connectivity index (χ0) is 11.7. The van der Waals surface area contributed by atoms with E-state index in [0.29, 0.717) is 5.88 Å². The summed E-state index contributed by atoms with van der Waals surface area (Å²) in [7, 11) is 0. The second kappa shape index (κ2) is 4.33. The lowest BCUT2D eigenvalue weighted by Crippen LogP contribution is -2.37. The van der Waals surface area contributed by atoms with Crippen molar-refractivity contribution in [1.82, 2.24) is 19.7 Å². The highest BCUT2D eigenvalue weighted by Crippen LogP contribution is 2.18. The number of aryl methyl sites for hydroxylation is 1. The van der Waals surface area contributed by atoms with Gasteiger partial charge < -0.3 is 14.5 Å². The molecule has 0 saturated carbocycles. The van der Waals surface area contributed by atoms with Crippen LogP contribution in [-0.4, -0.2) is 33.6 Å². The largest absolute Gasteiger partial charge is 0.470 e. The van der Waals surface area contributed by atoms with Crippen LogP contribution in [0.1, 0.15) is 18.5 Å². The summed E-state index contributed by atoms with van der Waals surface area (Å²) >= 11 is 0. The maximum atomic E-state index is 5.92. The highest BCUT2D eigenvalue weighted by molar-refractivity contribution is 5.49. The molecule has 17 heavy (non-hydrogen) atoms. The van der Waals surface area contributed by atoms with E-state index in [4.69, 9.17) is 4.74 Å². The van der Waals surface area contributed by atoms with Crippen molar-refractivity contribution in [2.45, 2.75) is 25.9 Å². The molecule has 1 aliphatic heterocycles. The highest BCUT2D eigenvalue weighted by Gasteiger charge is 2.17. The van der Waals surface area contributed by atoms with Crippen LogP contribution in [0.3, 0.4) is 0 Å². The van der Waals surface area contributed by atoms with Gasteiger partial charge in [0.1, 0.15) is 6.10 Å². The van der Waals surface area contributed by atoms with E-state index < -0.39 is 0 Å². The molecular formula is C12H16N4O. The van der Waals surface area contributed by atoms with E-state index >= 15 is 0 Å². The molecule has 0 aromatic carbocycles. The topological polar surface area (TPSA) is 51.5 Å². The Morgan fingerprint density at radius 3 is 3.29 bits per heavy atom. The van der Waals surface area contributed by atoms with Gasteiger partial charge in [0.25, 0.3) is 5.88 Å². The van der Waals surface area contributed by atoms with Crippen molar-refractivity contribution in [3.05, 3.63) is 24.3 Å². The van der Waals surface area contributed by atoms with Crippen LogP contribution in [-0.2, 0) is 0 Å². The Hall–Kier alpha value is -1.62. The van der Waals surface area contributed by atoms with E-state index in [1.54, 1.807) is 6.20 Å². The molecule has 1 fully saturated rings. The number of piperidine rings is 1. The SMILES string of the molecule is Cc1cn2ccnc(OC3CCCNC3)c2n1. The van der Waals surface area contributed by atoms with E-state index in [1.807, 2.05) is 23.7 Å². The second-order valence-electron chi connectivity index (χ2n) is 4.43. The molecular weight excluding hydrogens is 216 g/mol. The maximum absolute atomic E-state index is 5.92. The van der Waals surface area contributed by atoms with Crippen LogP contribution in [0, 0.1) is 6.92 Å². The lowest BCUT2D eigenvalue weighted by atomic mass is 10.1. The minimum absolute atomic E-state index is 0.208. The average Bonchev–Trinajstić information content (AvgIpc) is 2.72. The standard InChI is InChI=1S/C12H16N4O/c1-9-8-16-6-5-14-12(11(16)15-9)17-10-3-2-4-13-7-10/h5-6,8,10,13H,2-4,7H2,1H3. The summed E-state index contributed by atoms with van der Waals surface area (Å²) < 4.78 is 7.88.